The summed E-state index contributed by atoms with van der Waals surface area (Å²) in [7, 11) is 1.49. The van der Waals surface area contributed by atoms with Crippen LogP contribution in [0.25, 0.3) is 0 Å². The zero-order chi connectivity index (χ0) is 11.3. The average Bonchev–Trinajstić information content (AvgIpc) is 2.19. The summed E-state index contributed by atoms with van der Waals surface area (Å²) < 4.78 is 18.5. The van der Waals surface area contributed by atoms with Gasteiger partial charge in [-0.3, -0.25) is 4.79 Å². The van der Waals surface area contributed by atoms with Gasteiger partial charge in [-0.1, -0.05) is 18.2 Å². The van der Waals surface area contributed by atoms with Crippen molar-refractivity contribution in [3.63, 3.8) is 0 Å². The van der Waals surface area contributed by atoms with E-state index >= 15 is 0 Å². The first-order chi connectivity index (χ1) is 7.15. The van der Waals surface area contributed by atoms with Crippen LogP contribution in [-0.2, 0) is 22.6 Å². The Morgan fingerprint density at radius 2 is 2.13 bits per heavy atom. The molecular formula is C11H13FO3. The van der Waals surface area contributed by atoms with E-state index in [9.17, 15) is 9.18 Å². The van der Waals surface area contributed by atoms with Crippen molar-refractivity contribution in [2.75, 3.05) is 7.11 Å². The molecule has 0 atom stereocenters. The van der Waals surface area contributed by atoms with Gasteiger partial charge in [-0.05, 0) is 12.0 Å². The lowest BCUT2D eigenvalue weighted by Gasteiger charge is -2.06. The molecule has 1 aromatic rings. The van der Waals surface area contributed by atoms with Gasteiger partial charge in [0.1, 0.15) is 5.82 Å². The SMILES string of the molecule is COCc1cccc(CCC(=O)O)c1F. The molecule has 3 nitrogen and oxygen atoms in total. The first-order valence-corrected chi connectivity index (χ1v) is 4.62. The van der Waals surface area contributed by atoms with E-state index in [2.05, 4.69) is 0 Å². The molecule has 0 aliphatic rings. The molecular weight excluding hydrogens is 199 g/mol. The Hall–Kier alpha value is -1.42. The molecule has 15 heavy (non-hydrogen) atoms. The molecule has 0 bridgehead atoms. The minimum Gasteiger partial charge on any atom is -0.481 e. The first kappa shape index (κ1) is 11.7. The van der Waals surface area contributed by atoms with Gasteiger partial charge >= 0.3 is 5.97 Å². The topological polar surface area (TPSA) is 46.5 Å². The van der Waals surface area contributed by atoms with Crippen molar-refractivity contribution in [3.8, 4) is 0 Å². The standard InChI is InChI=1S/C11H13FO3/c1-15-7-9-4-2-3-8(11(9)12)5-6-10(13)14/h2-4H,5-7H2,1H3,(H,13,14). The fourth-order valence-electron chi connectivity index (χ4n) is 1.33. The summed E-state index contributed by atoms with van der Waals surface area (Å²) >= 11 is 0. The van der Waals surface area contributed by atoms with E-state index in [1.165, 1.54) is 7.11 Å². The van der Waals surface area contributed by atoms with Crippen molar-refractivity contribution in [1.29, 1.82) is 0 Å². The van der Waals surface area contributed by atoms with Crippen molar-refractivity contribution in [2.24, 2.45) is 0 Å². The Morgan fingerprint density at radius 1 is 1.47 bits per heavy atom. The Morgan fingerprint density at radius 3 is 2.73 bits per heavy atom. The Kier molecular flexibility index (Phi) is 4.24. The lowest BCUT2D eigenvalue weighted by atomic mass is 10.1. The molecule has 1 rings (SSSR count). The molecule has 0 saturated heterocycles. The second-order valence-corrected chi connectivity index (χ2v) is 3.22. The normalized spacial score (nSPS) is 10.3. The number of hydrogen-bond acceptors (Lipinski definition) is 2. The molecule has 0 saturated carbocycles. The van der Waals surface area contributed by atoms with Crippen LogP contribution in [0, 0.1) is 5.82 Å². The predicted molar refractivity (Wildman–Crippen MR) is 53.1 cm³/mol. The maximum Gasteiger partial charge on any atom is 0.303 e. The fraction of sp³-hybridized carbons (Fsp3) is 0.364. The lowest BCUT2D eigenvalue weighted by Crippen LogP contribution is -2.02. The molecule has 1 N–H and O–H groups in total. The lowest BCUT2D eigenvalue weighted by molar-refractivity contribution is -0.136. The van der Waals surface area contributed by atoms with Gasteiger partial charge in [-0.2, -0.15) is 0 Å². The van der Waals surface area contributed by atoms with E-state index in [0.717, 1.165) is 0 Å². The van der Waals surface area contributed by atoms with Crippen molar-refractivity contribution >= 4 is 5.97 Å². The Bertz CT molecular complexity index is 350. The monoisotopic (exact) mass is 212 g/mol. The number of methoxy groups -OCH3 is 1. The van der Waals surface area contributed by atoms with Gasteiger partial charge in [-0.25, -0.2) is 4.39 Å². The number of ether oxygens (including phenoxy) is 1. The van der Waals surface area contributed by atoms with Gasteiger partial charge in [0, 0.05) is 19.1 Å². The second-order valence-electron chi connectivity index (χ2n) is 3.22. The summed E-state index contributed by atoms with van der Waals surface area (Å²) in [6.07, 6.45) is 0.145. The van der Waals surface area contributed by atoms with Crippen molar-refractivity contribution < 1.29 is 19.0 Å². The van der Waals surface area contributed by atoms with Crippen LogP contribution in [0.3, 0.4) is 0 Å². The second kappa shape index (κ2) is 5.46. The molecule has 0 spiro atoms. The first-order valence-electron chi connectivity index (χ1n) is 4.62. The number of rotatable bonds is 5. The number of aryl methyl sites for hydroxylation is 1. The Balaban J connectivity index is 2.79. The summed E-state index contributed by atoms with van der Waals surface area (Å²) in [4.78, 5) is 10.3. The van der Waals surface area contributed by atoms with Gasteiger partial charge in [-0.15, -0.1) is 0 Å². The van der Waals surface area contributed by atoms with E-state index in [-0.39, 0.29) is 25.3 Å². The molecule has 82 valence electrons. The number of carbonyl (C=O) groups is 1. The number of hydrogen-bond donors (Lipinski definition) is 1. The van der Waals surface area contributed by atoms with Crippen LogP contribution in [0.5, 0.6) is 0 Å². The molecule has 0 heterocycles. The predicted octanol–water partition coefficient (Wildman–Crippen LogP) is 1.99. The molecule has 0 unspecified atom stereocenters. The van der Waals surface area contributed by atoms with Crippen LogP contribution in [0.1, 0.15) is 17.5 Å². The summed E-state index contributed by atoms with van der Waals surface area (Å²) in [6, 6.07) is 4.93. The number of aliphatic carboxylic acids is 1. The number of halogens is 1. The van der Waals surface area contributed by atoms with Crippen molar-refractivity contribution in [3.05, 3.63) is 35.1 Å². The molecule has 0 aliphatic heterocycles. The van der Waals surface area contributed by atoms with Crippen LogP contribution in [0.2, 0.25) is 0 Å². The van der Waals surface area contributed by atoms with Crippen LogP contribution < -0.4 is 0 Å². The third-order valence-corrected chi connectivity index (χ3v) is 2.07. The zero-order valence-corrected chi connectivity index (χ0v) is 8.50. The highest BCUT2D eigenvalue weighted by Crippen LogP contribution is 2.15. The van der Waals surface area contributed by atoms with Gasteiger partial charge in [0.2, 0.25) is 0 Å². The van der Waals surface area contributed by atoms with Crippen molar-refractivity contribution in [2.45, 2.75) is 19.4 Å². The maximum atomic E-state index is 13.6. The highest BCUT2D eigenvalue weighted by Gasteiger charge is 2.08. The zero-order valence-electron chi connectivity index (χ0n) is 8.50. The van der Waals surface area contributed by atoms with E-state index < -0.39 is 5.97 Å². The minimum absolute atomic E-state index is 0.0621. The minimum atomic E-state index is -0.924. The number of carboxylic acid groups (broad SMARTS) is 1. The third kappa shape index (κ3) is 3.32. The van der Waals surface area contributed by atoms with E-state index in [1.54, 1.807) is 18.2 Å². The highest BCUT2D eigenvalue weighted by molar-refractivity contribution is 5.67. The molecule has 0 radical (unpaired) electrons. The number of carboxylic acids is 1. The summed E-state index contributed by atoms with van der Waals surface area (Å²) in [5.41, 5.74) is 0.882. The highest BCUT2D eigenvalue weighted by atomic mass is 19.1. The quantitative estimate of drug-likeness (QED) is 0.811. The largest absolute Gasteiger partial charge is 0.481 e. The van der Waals surface area contributed by atoms with Crippen LogP contribution >= 0.6 is 0 Å². The molecule has 4 heteroatoms. The summed E-state index contributed by atoms with van der Waals surface area (Å²) in [5.74, 6) is -1.29. The van der Waals surface area contributed by atoms with E-state index in [0.29, 0.717) is 11.1 Å². The Labute approximate surface area is 87.5 Å². The van der Waals surface area contributed by atoms with Crippen LogP contribution in [-0.4, -0.2) is 18.2 Å². The molecule has 0 amide bonds. The van der Waals surface area contributed by atoms with Gasteiger partial charge in [0.05, 0.1) is 6.61 Å². The van der Waals surface area contributed by atoms with E-state index in [4.69, 9.17) is 9.84 Å². The number of benzene rings is 1. The summed E-state index contributed by atoms with van der Waals surface area (Å²) in [6.45, 7) is 0.201. The van der Waals surface area contributed by atoms with Crippen molar-refractivity contribution in [1.82, 2.24) is 0 Å². The fourth-order valence-corrected chi connectivity index (χ4v) is 1.33. The van der Waals surface area contributed by atoms with Gasteiger partial charge in [0.15, 0.2) is 0 Å². The van der Waals surface area contributed by atoms with Gasteiger partial charge in [0.25, 0.3) is 0 Å². The molecule has 0 aliphatic carbocycles. The summed E-state index contributed by atoms with van der Waals surface area (Å²) in [5, 5.41) is 8.49. The van der Waals surface area contributed by atoms with Gasteiger partial charge < -0.3 is 9.84 Å². The van der Waals surface area contributed by atoms with Crippen LogP contribution in [0.4, 0.5) is 4.39 Å². The average molecular weight is 212 g/mol. The third-order valence-electron chi connectivity index (χ3n) is 2.07. The maximum absolute atomic E-state index is 13.6. The molecule has 1 aromatic carbocycles. The molecule has 0 aromatic heterocycles. The smallest absolute Gasteiger partial charge is 0.303 e. The molecule has 0 fully saturated rings. The van der Waals surface area contributed by atoms with E-state index in [1.807, 2.05) is 0 Å². The van der Waals surface area contributed by atoms with Crippen LogP contribution in [0.15, 0.2) is 18.2 Å².